The molecule has 3 rings (SSSR count). The lowest BCUT2D eigenvalue weighted by atomic mass is 10.2. The number of nitro benzene ring substituents is 1. The van der Waals surface area contributed by atoms with Crippen molar-refractivity contribution in [1.82, 2.24) is 10.1 Å². The van der Waals surface area contributed by atoms with Crippen molar-refractivity contribution in [2.75, 3.05) is 14.2 Å². The van der Waals surface area contributed by atoms with Crippen LogP contribution in [-0.4, -0.2) is 29.3 Å². The van der Waals surface area contributed by atoms with Gasteiger partial charge in [0, 0.05) is 23.8 Å². The van der Waals surface area contributed by atoms with E-state index in [4.69, 9.17) is 14.0 Å². The lowest BCUT2D eigenvalue weighted by Gasteiger charge is -2.06. The van der Waals surface area contributed by atoms with Crippen molar-refractivity contribution in [3.05, 3.63) is 52.6 Å². The minimum Gasteiger partial charge on any atom is -0.497 e. The Morgan fingerprint density at radius 1 is 1.08 bits per heavy atom. The molecule has 0 N–H and O–H groups in total. The zero-order valence-electron chi connectivity index (χ0n) is 12.9. The van der Waals surface area contributed by atoms with Crippen LogP contribution in [0.5, 0.6) is 11.5 Å². The van der Waals surface area contributed by atoms with Crippen molar-refractivity contribution in [2.45, 2.75) is 0 Å². The highest BCUT2D eigenvalue weighted by molar-refractivity contribution is 5.67. The molecule has 0 amide bonds. The third-order valence-corrected chi connectivity index (χ3v) is 3.40. The van der Waals surface area contributed by atoms with E-state index in [2.05, 4.69) is 10.1 Å². The van der Waals surface area contributed by atoms with Crippen molar-refractivity contribution < 1.29 is 18.9 Å². The molecule has 0 aliphatic heterocycles. The van der Waals surface area contributed by atoms with Crippen LogP contribution in [0.2, 0.25) is 0 Å². The van der Waals surface area contributed by atoms with Crippen molar-refractivity contribution in [3.63, 3.8) is 0 Å². The molecule has 0 radical (unpaired) electrons. The van der Waals surface area contributed by atoms with E-state index in [9.17, 15) is 10.1 Å². The minimum atomic E-state index is -0.465. The topological polar surface area (TPSA) is 101 Å². The largest absolute Gasteiger partial charge is 0.497 e. The Morgan fingerprint density at radius 3 is 2.46 bits per heavy atom. The Labute approximate surface area is 136 Å². The molecule has 0 spiro atoms. The van der Waals surface area contributed by atoms with Crippen LogP contribution in [-0.2, 0) is 0 Å². The number of hydrogen-bond acceptors (Lipinski definition) is 7. The molecule has 1 heterocycles. The maximum atomic E-state index is 10.7. The summed E-state index contributed by atoms with van der Waals surface area (Å²) < 4.78 is 15.8. The first-order chi connectivity index (χ1) is 11.6. The van der Waals surface area contributed by atoms with Crippen LogP contribution >= 0.6 is 0 Å². The zero-order chi connectivity index (χ0) is 17.1. The van der Waals surface area contributed by atoms with Crippen LogP contribution in [0.4, 0.5) is 5.69 Å². The van der Waals surface area contributed by atoms with Crippen molar-refractivity contribution in [2.24, 2.45) is 0 Å². The SMILES string of the molecule is COc1ccc(-c2nc(-c3ccc([N+](=O)[O-])cc3)no2)c(OC)c1. The second kappa shape index (κ2) is 6.37. The molecular weight excluding hydrogens is 314 g/mol. The summed E-state index contributed by atoms with van der Waals surface area (Å²) in [7, 11) is 3.10. The predicted octanol–water partition coefficient (Wildman–Crippen LogP) is 3.33. The molecular formula is C16H13N3O5. The number of non-ortho nitro benzene ring substituents is 1. The fourth-order valence-corrected chi connectivity index (χ4v) is 2.16. The van der Waals surface area contributed by atoms with E-state index in [-0.39, 0.29) is 11.6 Å². The van der Waals surface area contributed by atoms with Crippen LogP contribution in [0.3, 0.4) is 0 Å². The number of rotatable bonds is 5. The van der Waals surface area contributed by atoms with Crippen LogP contribution < -0.4 is 9.47 Å². The molecule has 8 nitrogen and oxygen atoms in total. The van der Waals surface area contributed by atoms with Crippen molar-refractivity contribution in [3.8, 4) is 34.3 Å². The second-order valence-corrected chi connectivity index (χ2v) is 4.79. The minimum absolute atomic E-state index is 0.000656. The summed E-state index contributed by atoms with van der Waals surface area (Å²) in [5.74, 6) is 1.79. The lowest BCUT2D eigenvalue weighted by Crippen LogP contribution is -1.90. The van der Waals surface area contributed by atoms with Gasteiger partial charge in [0.2, 0.25) is 5.82 Å². The summed E-state index contributed by atoms with van der Waals surface area (Å²) in [6.07, 6.45) is 0. The average molecular weight is 327 g/mol. The van der Waals surface area contributed by atoms with Gasteiger partial charge in [0.1, 0.15) is 11.5 Å². The Kier molecular flexibility index (Phi) is 4.11. The second-order valence-electron chi connectivity index (χ2n) is 4.79. The molecule has 0 aliphatic carbocycles. The van der Waals surface area contributed by atoms with Gasteiger partial charge in [-0.2, -0.15) is 4.98 Å². The Morgan fingerprint density at radius 2 is 1.83 bits per heavy atom. The van der Waals surface area contributed by atoms with Gasteiger partial charge in [-0.1, -0.05) is 5.16 Å². The van der Waals surface area contributed by atoms with E-state index in [1.165, 1.54) is 19.2 Å². The third-order valence-electron chi connectivity index (χ3n) is 3.40. The lowest BCUT2D eigenvalue weighted by molar-refractivity contribution is -0.384. The molecule has 0 unspecified atom stereocenters. The number of benzene rings is 2. The summed E-state index contributed by atoms with van der Waals surface area (Å²) in [5.41, 5.74) is 1.24. The fraction of sp³-hybridized carbons (Fsp3) is 0.125. The molecule has 8 heteroatoms. The highest BCUT2D eigenvalue weighted by Gasteiger charge is 2.16. The van der Waals surface area contributed by atoms with Gasteiger partial charge < -0.3 is 14.0 Å². The molecule has 0 saturated heterocycles. The van der Waals surface area contributed by atoms with Crippen LogP contribution in [0.15, 0.2) is 47.0 Å². The summed E-state index contributed by atoms with van der Waals surface area (Å²) >= 11 is 0. The van der Waals surface area contributed by atoms with Gasteiger partial charge in [-0.15, -0.1) is 0 Å². The van der Waals surface area contributed by atoms with Gasteiger partial charge in [0.05, 0.1) is 24.7 Å². The monoisotopic (exact) mass is 327 g/mol. The molecule has 24 heavy (non-hydrogen) atoms. The maximum absolute atomic E-state index is 10.7. The molecule has 0 saturated carbocycles. The fourth-order valence-electron chi connectivity index (χ4n) is 2.16. The van der Waals surface area contributed by atoms with Crippen LogP contribution in [0, 0.1) is 10.1 Å². The molecule has 3 aromatic rings. The Balaban J connectivity index is 1.94. The van der Waals surface area contributed by atoms with E-state index < -0.39 is 4.92 Å². The summed E-state index contributed by atoms with van der Waals surface area (Å²) in [6, 6.07) is 11.1. The van der Waals surface area contributed by atoms with Gasteiger partial charge in [-0.3, -0.25) is 10.1 Å². The number of ether oxygens (including phenoxy) is 2. The van der Waals surface area contributed by atoms with E-state index >= 15 is 0 Å². The molecule has 0 atom stereocenters. The van der Waals surface area contributed by atoms with Gasteiger partial charge in [-0.05, 0) is 24.3 Å². The zero-order valence-corrected chi connectivity index (χ0v) is 12.9. The van der Waals surface area contributed by atoms with Crippen LogP contribution in [0.25, 0.3) is 22.8 Å². The van der Waals surface area contributed by atoms with Crippen LogP contribution in [0.1, 0.15) is 0 Å². The van der Waals surface area contributed by atoms with Gasteiger partial charge in [-0.25, -0.2) is 0 Å². The molecule has 1 aromatic heterocycles. The summed E-state index contributed by atoms with van der Waals surface area (Å²) in [6.45, 7) is 0. The number of nitro groups is 1. The highest BCUT2D eigenvalue weighted by atomic mass is 16.6. The van der Waals surface area contributed by atoms with Gasteiger partial charge in [0.15, 0.2) is 0 Å². The molecule has 2 aromatic carbocycles. The molecule has 0 aliphatic rings. The standard InChI is InChI=1S/C16H13N3O5/c1-22-12-7-8-13(14(9-12)23-2)16-17-15(18-24-16)10-3-5-11(6-4-10)19(20)21/h3-9H,1-2H3. The number of aromatic nitrogens is 2. The Bertz CT molecular complexity index is 874. The number of hydrogen-bond donors (Lipinski definition) is 0. The van der Waals surface area contributed by atoms with Crippen molar-refractivity contribution >= 4 is 5.69 Å². The summed E-state index contributed by atoms with van der Waals surface area (Å²) in [4.78, 5) is 14.5. The maximum Gasteiger partial charge on any atom is 0.269 e. The highest BCUT2D eigenvalue weighted by Crippen LogP contribution is 2.33. The van der Waals surface area contributed by atoms with E-state index in [0.29, 0.717) is 28.5 Å². The summed E-state index contributed by atoms with van der Waals surface area (Å²) in [5, 5.41) is 14.6. The normalized spacial score (nSPS) is 10.4. The number of nitrogens with zero attached hydrogens (tertiary/aromatic N) is 3. The first-order valence-electron chi connectivity index (χ1n) is 6.93. The van der Waals surface area contributed by atoms with Crippen molar-refractivity contribution in [1.29, 1.82) is 0 Å². The Hall–Kier alpha value is -3.42. The first-order valence-corrected chi connectivity index (χ1v) is 6.93. The quantitative estimate of drug-likeness (QED) is 0.523. The van der Waals surface area contributed by atoms with E-state index in [1.54, 1.807) is 37.4 Å². The first kappa shape index (κ1) is 15.5. The predicted molar refractivity (Wildman–Crippen MR) is 84.9 cm³/mol. The number of methoxy groups -OCH3 is 2. The van der Waals surface area contributed by atoms with Gasteiger partial charge >= 0.3 is 0 Å². The molecule has 0 fully saturated rings. The average Bonchev–Trinajstić information content (AvgIpc) is 3.11. The third kappa shape index (κ3) is 2.89. The molecule has 0 bridgehead atoms. The van der Waals surface area contributed by atoms with Gasteiger partial charge in [0.25, 0.3) is 11.6 Å². The van der Waals surface area contributed by atoms with E-state index in [0.717, 1.165) is 0 Å². The molecule has 122 valence electrons. The smallest absolute Gasteiger partial charge is 0.269 e. The van der Waals surface area contributed by atoms with E-state index in [1.807, 2.05) is 0 Å².